The van der Waals surface area contributed by atoms with Crippen molar-refractivity contribution in [2.24, 2.45) is 0 Å². The molecule has 4 nitrogen and oxygen atoms in total. The number of carbonyl (C=O) groups is 2. The number of hydrogen-bond donors (Lipinski definition) is 1. The molecule has 0 aromatic heterocycles. The van der Waals surface area contributed by atoms with Crippen LogP contribution < -0.4 is 5.73 Å². The number of nitrogens with two attached hydrogens (primary N) is 1. The van der Waals surface area contributed by atoms with Crippen molar-refractivity contribution < 1.29 is 9.59 Å². The lowest BCUT2D eigenvalue weighted by Crippen LogP contribution is -2.29. The summed E-state index contributed by atoms with van der Waals surface area (Å²) in [6.45, 7) is 0.166. The van der Waals surface area contributed by atoms with E-state index >= 15 is 0 Å². The van der Waals surface area contributed by atoms with Gasteiger partial charge in [-0.2, -0.15) is 0 Å². The number of anilines is 1. The Morgan fingerprint density at radius 2 is 1.55 bits per heavy atom. The second-order valence-corrected chi connectivity index (χ2v) is 5.40. The van der Waals surface area contributed by atoms with E-state index in [-0.39, 0.29) is 18.4 Å². The second kappa shape index (κ2) is 4.76. The Balaban J connectivity index is 1.98. The maximum Gasteiger partial charge on any atom is 0.261 e. The molecule has 0 aliphatic carbocycles. The van der Waals surface area contributed by atoms with E-state index in [0.29, 0.717) is 16.8 Å². The Kier molecular flexibility index (Phi) is 3.06. The van der Waals surface area contributed by atoms with E-state index in [9.17, 15) is 9.59 Å². The average Bonchev–Trinajstić information content (AvgIpc) is 2.68. The van der Waals surface area contributed by atoms with Crippen LogP contribution in [0.15, 0.2) is 46.9 Å². The number of rotatable bonds is 2. The van der Waals surface area contributed by atoms with Gasteiger partial charge in [0, 0.05) is 15.7 Å². The number of fused-ring (bicyclic) bond motifs is 1. The van der Waals surface area contributed by atoms with E-state index in [1.54, 1.807) is 30.3 Å². The summed E-state index contributed by atoms with van der Waals surface area (Å²) in [5.41, 5.74) is 8.10. The van der Waals surface area contributed by atoms with Crippen molar-refractivity contribution in [1.29, 1.82) is 0 Å². The molecule has 5 heteroatoms. The highest BCUT2D eigenvalue weighted by atomic mass is 79.9. The summed E-state index contributed by atoms with van der Waals surface area (Å²) in [6, 6.07) is 12.2. The van der Waals surface area contributed by atoms with Crippen LogP contribution >= 0.6 is 15.9 Å². The van der Waals surface area contributed by atoms with Gasteiger partial charge in [0.1, 0.15) is 0 Å². The SMILES string of the molecule is Nc1cccc(Br)c1CN1C(=O)c2ccccc2C1=O. The summed E-state index contributed by atoms with van der Waals surface area (Å²) in [5.74, 6) is -0.554. The molecule has 0 bridgehead atoms. The number of halogens is 1. The van der Waals surface area contributed by atoms with E-state index in [0.717, 1.165) is 10.0 Å². The van der Waals surface area contributed by atoms with Crippen molar-refractivity contribution in [3.05, 3.63) is 63.6 Å². The van der Waals surface area contributed by atoms with Crippen LogP contribution in [0.1, 0.15) is 26.3 Å². The minimum absolute atomic E-state index is 0.166. The van der Waals surface area contributed by atoms with Crippen LogP contribution in [0.25, 0.3) is 0 Å². The Labute approximate surface area is 124 Å². The van der Waals surface area contributed by atoms with Gasteiger partial charge in [-0.1, -0.05) is 34.1 Å². The average molecular weight is 331 g/mol. The molecule has 1 aliphatic heterocycles. The number of hydrogen-bond acceptors (Lipinski definition) is 3. The summed E-state index contributed by atoms with van der Waals surface area (Å²) >= 11 is 3.40. The number of nitrogens with zero attached hydrogens (tertiary/aromatic N) is 1. The molecule has 0 saturated carbocycles. The van der Waals surface area contributed by atoms with Gasteiger partial charge in [0.2, 0.25) is 0 Å². The third-order valence-corrected chi connectivity index (χ3v) is 4.09. The molecule has 3 rings (SSSR count). The van der Waals surface area contributed by atoms with E-state index in [1.165, 1.54) is 4.90 Å². The van der Waals surface area contributed by atoms with Crippen LogP contribution in [0, 0.1) is 0 Å². The molecule has 1 heterocycles. The normalized spacial score (nSPS) is 13.8. The van der Waals surface area contributed by atoms with Crippen LogP contribution in [-0.2, 0) is 6.54 Å². The van der Waals surface area contributed by atoms with E-state index in [1.807, 2.05) is 12.1 Å². The molecule has 2 aromatic carbocycles. The minimum Gasteiger partial charge on any atom is -0.398 e. The Hall–Kier alpha value is -2.14. The Morgan fingerprint density at radius 1 is 0.950 bits per heavy atom. The fraction of sp³-hybridized carbons (Fsp3) is 0.0667. The first-order valence-corrected chi connectivity index (χ1v) is 6.87. The number of carbonyl (C=O) groups excluding carboxylic acids is 2. The minimum atomic E-state index is -0.277. The zero-order valence-corrected chi connectivity index (χ0v) is 12.1. The van der Waals surface area contributed by atoms with Crippen LogP contribution in [0.3, 0.4) is 0 Å². The topological polar surface area (TPSA) is 63.4 Å². The molecular weight excluding hydrogens is 320 g/mol. The van der Waals surface area contributed by atoms with Gasteiger partial charge < -0.3 is 5.73 Å². The number of imide groups is 1. The molecule has 2 aromatic rings. The lowest BCUT2D eigenvalue weighted by atomic mass is 10.1. The first-order chi connectivity index (χ1) is 9.59. The molecular formula is C15H11BrN2O2. The number of amides is 2. The quantitative estimate of drug-likeness (QED) is 0.680. The summed E-state index contributed by atoms with van der Waals surface area (Å²) in [4.78, 5) is 25.8. The molecule has 0 radical (unpaired) electrons. The summed E-state index contributed by atoms with van der Waals surface area (Å²) in [7, 11) is 0. The fourth-order valence-electron chi connectivity index (χ4n) is 2.28. The first-order valence-electron chi connectivity index (χ1n) is 6.07. The molecule has 2 N–H and O–H groups in total. The fourth-order valence-corrected chi connectivity index (χ4v) is 2.79. The highest BCUT2D eigenvalue weighted by molar-refractivity contribution is 9.10. The monoisotopic (exact) mass is 330 g/mol. The first kappa shape index (κ1) is 12.9. The van der Waals surface area contributed by atoms with Gasteiger partial charge in [-0.15, -0.1) is 0 Å². The van der Waals surface area contributed by atoms with Crippen LogP contribution in [-0.4, -0.2) is 16.7 Å². The summed E-state index contributed by atoms with van der Waals surface area (Å²) in [6.07, 6.45) is 0. The Morgan fingerprint density at radius 3 is 2.10 bits per heavy atom. The largest absolute Gasteiger partial charge is 0.398 e. The molecule has 0 unspecified atom stereocenters. The van der Waals surface area contributed by atoms with Gasteiger partial charge in [0.25, 0.3) is 11.8 Å². The second-order valence-electron chi connectivity index (χ2n) is 4.55. The molecule has 20 heavy (non-hydrogen) atoms. The molecule has 0 saturated heterocycles. The maximum absolute atomic E-state index is 12.3. The number of nitrogen functional groups attached to an aromatic ring is 1. The number of benzene rings is 2. The van der Waals surface area contributed by atoms with Gasteiger partial charge >= 0.3 is 0 Å². The van der Waals surface area contributed by atoms with Gasteiger partial charge in [-0.25, -0.2) is 0 Å². The van der Waals surface area contributed by atoms with Crippen LogP contribution in [0.4, 0.5) is 5.69 Å². The molecule has 0 fully saturated rings. The molecule has 0 spiro atoms. The smallest absolute Gasteiger partial charge is 0.261 e. The van der Waals surface area contributed by atoms with E-state index in [4.69, 9.17) is 5.73 Å². The standard InChI is InChI=1S/C15H11BrN2O2/c16-12-6-3-7-13(17)11(12)8-18-14(19)9-4-1-2-5-10(9)15(18)20/h1-7H,8,17H2. The van der Waals surface area contributed by atoms with E-state index < -0.39 is 0 Å². The highest BCUT2D eigenvalue weighted by Crippen LogP contribution is 2.29. The van der Waals surface area contributed by atoms with Crippen molar-refractivity contribution in [3.8, 4) is 0 Å². The zero-order chi connectivity index (χ0) is 14.3. The van der Waals surface area contributed by atoms with Crippen molar-refractivity contribution in [2.45, 2.75) is 6.54 Å². The molecule has 0 atom stereocenters. The maximum atomic E-state index is 12.3. The molecule has 100 valence electrons. The highest BCUT2D eigenvalue weighted by Gasteiger charge is 2.35. The van der Waals surface area contributed by atoms with Crippen molar-refractivity contribution >= 4 is 33.4 Å². The van der Waals surface area contributed by atoms with E-state index in [2.05, 4.69) is 15.9 Å². The van der Waals surface area contributed by atoms with Crippen molar-refractivity contribution in [1.82, 2.24) is 4.90 Å². The summed E-state index contributed by atoms with van der Waals surface area (Å²) in [5, 5.41) is 0. The third kappa shape index (κ3) is 1.91. The Bertz CT molecular complexity index is 672. The predicted octanol–water partition coefficient (Wildman–Crippen LogP) is 2.83. The van der Waals surface area contributed by atoms with Crippen LogP contribution in [0.5, 0.6) is 0 Å². The van der Waals surface area contributed by atoms with Crippen molar-refractivity contribution in [2.75, 3.05) is 5.73 Å². The molecule has 1 aliphatic rings. The summed E-state index contributed by atoms with van der Waals surface area (Å²) < 4.78 is 0.786. The zero-order valence-electron chi connectivity index (χ0n) is 10.5. The lowest BCUT2D eigenvalue weighted by molar-refractivity contribution is 0.0642. The van der Waals surface area contributed by atoms with Crippen molar-refractivity contribution in [3.63, 3.8) is 0 Å². The van der Waals surface area contributed by atoms with Crippen LogP contribution in [0.2, 0.25) is 0 Å². The van der Waals surface area contributed by atoms with Gasteiger partial charge in [-0.05, 0) is 24.3 Å². The van der Waals surface area contributed by atoms with Gasteiger partial charge in [-0.3, -0.25) is 14.5 Å². The third-order valence-electron chi connectivity index (χ3n) is 3.35. The predicted molar refractivity (Wildman–Crippen MR) is 79.2 cm³/mol. The molecule has 2 amide bonds. The van der Waals surface area contributed by atoms with Gasteiger partial charge in [0.15, 0.2) is 0 Å². The lowest BCUT2D eigenvalue weighted by Gasteiger charge is -2.16. The van der Waals surface area contributed by atoms with Gasteiger partial charge in [0.05, 0.1) is 17.7 Å².